The number of amides is 2. The number of benzene rings is 3. The Labute approximate surface area is 175 Å². The summed E-state index contributed by atoms with van der Waals surface area (Å²) in [7, 11) is 3.69. The minimum absolute atomic E-state index is 0.245. The topological polar surface area (TPSA) is 61.4 Å². The molecule has 0 spiro atoms. The Morgan fingerprint density at radius 1 is 0.900 bits per heavy atom. The van der Waals surface area contributed by atoms with Crippen LogP contribution in [0.15, 0.2) is 66.7 Å². The van der Waals surface area contributed by atoms with Crippen LogP contribution >= 0.6 is 0 Å². The lowest BCUT2D eigenvalue weighted by Gasteiger charge is -2.18. The third-order valence-electron chi connectivity index (χ3n) is 4.66. The van der Waals surface area contributed by atoms with E-state index in [-0.39, 0.29) is 24.2 Å². The molecule has 3 aromatic rings. The quantitative estimate of drug-likeness (QED) is 0.640. The van der Waals surface area contributed by atoms with Gasteiger partial charge < -0.3 is 15.5 Å². The molecule has 0 aliphatic carbocycles. The van der Waals surface area contributed by atoms with Crippen molar-refractivity contribution in [3.05, 3.63) is 94.8 Å². The van der Waals surface area contributed by atoms with E-state index in [0.717, 1.165) is 16.8 Å². The zero-order valence-electron chi connectivity index (χ0n) is 17.2. The fourth-order valence-electron chi connectivity index (χ4n) is 2.97. The van der Waals surface area contributed by atoms with Gasteiger partial charge in [-0.25, -0.2) is 4.39 Å². The number of carbonyl (C=O) groups is 2. The smallest absolute Gasteiger partial charge is 0.255 e. The van der Waals surface area contributed by atoms with Crippen LogP contribution < -0.4 is 15.5 Å². The van der Waals surface area contributed by atoms with Crippen molar-refractivity contribution in [2.45, 2.75) is 13.5 Å². The van der Waals surface area contributed by atoms with Crippen LogP contribution in [0.2, 0.25) is 0 Å². The monoisotopic (exact) mass is 405 g/mol. The molecule has 0 fully saturated rings. The number of rotatable bonds is 6. The Morgan fingerprint density at radius 3 is 2.20 bits per heavy atom. The highest BCUT2D eigenvalue weighted by atomic mass is 19.1. The molecule has 3 aromatic carbocycles. The molecule has 2 N–H and O–H groups in total. The Morgan fingerprint density at radius 2 is 1.57 bits per heavy atom. The summed E-state index contributed by atoms with van der Waals surface area (Å²) >= 11 is 0. The van der Waals surface area contributed by atoms with Crippen LogP contribution in [0.5, 0.6) is 0 Å². The summed E-state index contributed by atoms with van der Waals surface area (Å²) in [5.74, 6) is -0.850. The van der Waals surface area contributed by atoms with E-state index in [2.05, 4.69) is 10.6 Å². The van der Waals surface area contributed by atoms with Gasteiger partial charge in [0.15, 0.2) is 0 Å². The van der Waals surface area contributed by atoms with Gasteiger partial charge in [-0.2, -0.15) is 0 Å². The van der Waals surface area contributed by atoms with Gasteiger partial charge in [0.2, 0.25) is 0 Å². The molecule has 154 valence electrons. The van der Waals surface area contributed by atoms with E-state index in [4.69, 9.17) is 0 Å². The SMILES string of the molecule is Cc1ccc(C(=O)Nc2ccc(N(C)C)c(C(=O)NCc3ccc(F)cc3)c2)cc1. The summed E-state index contributed by atoms with van der Waals surface area (Å²) in [6.07, 6.45) is 0. The first-order valence-corrected chi connectivity index (χ1v) is 9.55. The van der Waals surface area contributed by atoms with Gasteiger partial charge in [-0.05, 0) is 55.0 Å². The summed E-state index contributed by atoms with van der Waals surface area (Å²) in [5, 5.41) is 5.69. The lowest BCUT2D eigenvalue weighted by atomic mass is 10.1. The molecule has 0 atom stereocenters. The van der Waals surface area contributed by atoms with Crippen molar-refractivity contribution in [1.29, 1.82) is 0 Å². The van der Waals surface area contributed by atoms with Gasteiger partial charge in [0, 0.05) is 37.6 Å². The van der Waals surface area contributed by atoms with Gasteiger partial charge in [-0.15, -0.1) is 0 Å². The maximum atomic E-state index is 13.1. The predicted octanol–water partition coefficient (Wildman–Crippen LogP) is 4.38. The van der Waals surface area contributed by atoms with E-state index >= 15 is 0 Å². The summed E-state index contributed by atoms with van der Waals surface area (Å²) in [4.78, 5) is 27.2. The maximum absolute atomic E-state index is 13.1. The number of nitrogens with zero attached hydrogens (tertiary/aromatic N) is 1. The second-order valence-electron chi connectivity index (χ2n) is 7.26. The summed E-state index contributed by atoms with van der Waals surface area (Å²) in [6, 6.07) is 18.4. The summed E-state index contributed by atoms with van der Waals surface area (Å²) in [6.45, 7) is 2.23. The number of hydrogen-bond acceptors (Lipinski definition) is 3. The fourth-order valence-corrected chi connectivity index (χ4v) is 2.97. The van der Waals surface area contributed by atoms with Crippen LogP contribution in [0.4, 0.5) is 15.8 Å². The minimum Gasteiger partial charge on any atom is -0.377 e. The van der Waals surface area contributed by atoms with Gasteiger partial charge in [0.1, 0.15) is 5.82 Å². The van der Waals surface area contributed by atoms with Crippen molar-refractivity contribution < 1.29 is 14.0 Å². The van der Waals surface area contributed by atoms with E-state index in [1.807, 2.05) is 38.1 Å². The molecule has 0 aromatic heterocycles. The highest BCUT2D eigenvalue weighted by molar-refractivity contribution is 6.06. The lowest BCUT2D eigenvalue weighted by molar-refractivity contribution is 0.0950. The molecule has 0 aliphatic heterocycles. The normalized spacial score (nSPS) is 10.4. The zero-order valence-corrected chi connectivity index (χ0v) is 17.2. The van der Waals surface area contributed by atoms with Gasteiger partial charge in [0.05, 0.1) is 5.56 Å². The molecule has 5 nitrogen and oxygen atoms in total. The maximum Gasteiger partial charge on any atom is 0.255 e. The minimum atomic E-state index is -0.322. The largest absolute Gasteiger partial charge is 0.377 e. The van der Waals surface area contributed by atoms with E-state index < -0.39 is 0 Å². The number of anilines is 2. The number of carbonyl (C=O) groups excluding carboxylic acids is 2. The first-order chi connectivity index (χ1) is 14.3. The van der Waals surface area contributed by atoms with Gasteiger partial charge in [-0.1, -0.05) is 29.8 Å². The Kier molecular flexibility index (Phi) is 6.47. The molecule has 30 heavy (non-hydrogen) atoms. The van der Waals surface area contributed by atoms with Crippen molar-refractivity contribution in [3.8, 4) is 0 Å². The summed E-state index contributed by atoms with van der Waals surface area (Å²) in [5.41, 5.74) is 4.09. The van der Waals surface area contributed by atoms with Crippen molar-refractivity contribution >= 4 is 23.2 Å². The van der Waals surface area contributed by atoms with E-state index in [0.29, 0.717) is 16.8 Å². The molecule has 3 rings (SSSR count). The number of aryl methyl sites for hydroxylation is 1. The molecule has 0 aliphatic rings. The third-order valence-corrected chi connectivity index (χ3v) is 4.66. The Balaban J connectivity index is 1.77. The van der Waals surface area contributed by atoms with Crippen molar-refractivity contribution in [1.82, 2.24) is 5.32 Å². The molecule has 2 amide bonds. The van der Waals surface area contributed by atoms with E-state index in [1.54, 1.807) is 42.5 Å². The fraction of sp³-hybridized carbons (Fsp3) is 0.167. The average molecular weight is 405 g/mol. The van der Waals surface area contributed by atoms with Crippen LogP contribution in [0.1, 0.15) is 31.8 Å². The number of nitrogens with one attached hydrogen (secondary N) is 2. The predicted molar refractivity (Wildman–Crippen MR) is 117 cm³/mol. The second-order valence-corrected chi connectivity index (χ2v) is 7.26. The van der Waals surface area contributed by atoms with Crippen molar-refractivity contribution in [2.24, 2.45) is 0 Å². The van der Waals surface area contributed by atoms with Gasteiger partial charge >= 0.3 is 0 Å². The molecule has 0 radical (unpaired) electrons. The molecule has 0 saturated heterocycles. The Bertz CT molecular complexity index is 1050. The molecule has 0 saturated carbocycles. The van der Waals surface area contributed by atoms with E-state index in [9.17, 15) is 14.0 Å². The van der Waals surface area contributed by atoms with Crippen LogP contribution in [-0.4, -0.2) is 25.9 Å². The first-order valence-electron chi connectivity index (χ1n) is 9.55. The molecular weight excluding hydrogens is 381 g/mol. The van der Waals surface area contributed by atoms with Gasteiger partial charge in [-0.3, -0.25) is 9.59 Å². The van der Waals surface area contributed by atoms with Crippen molar-refractivity contribution in [2.75, 3.05) is 24.3 Å². The van der Waals surface area contributed by atoms with Crippen LogP contribution in [0.3, 0.4) is 0 Å². The molecule has 6 heteroatoms. The third kappa shape index (κ3) is 5.23. The van der Waals surface area contributed by atoms with Crippen LogP contribution in [0.25, 0.3) is 0 Å². The van der Waals surface area contributed by atoms with Crippen LogP contribution in [-0.2, 0) is 6.54 Å². The molecule has 0 heterocycles. The molecular formula is C24H24FN3O2. The number of hydrogen-bond donors (Lipinski definition) is 2. The summed E-state index contributed by atoms with van der Waals surface area (Å²) < 4.78 is 13.1. The standard InChI is InChI=1S/C24H24FN3O2/c1-16-4-8-18(9-5-16)23(29)27-20-12-13-22(28(2)3)21(14-20)24(30)26-15-17-6-10-19(25)11-7-17/h4-14H,15H2,1-3H3,(H,26,30)(H,27,29). The van der Waals surface area contributed by atoms with E-state index in [1.165, 1.54) is 12.1 Å². The number of halogens is 1. The average Bonchev–Trinajstić information content (AvgIpc) is 2.73. The highest BCUT2D eigenvalue weighted by Crippen LogP contribution is 2.23. The lowest BCUT2D eigenvalue weighted by Crippen LogP contribution is -2.25. The van der Waals surface area contributed by atoms with Crippen LogP contribution in [0, 0.1) is 12.7 Å². The molecule has 0 bridgehead atoms. The molecule has 0 unspecified atom stereocenters. The first kappa shape index (κ1) is 21.0. The highest BCUT2D eigenvalue weighted by Gasteiger charge is 2.15. The zero-order chi connectivity index (χ0) is 21.7. The van der Waals surface area contributed by atoms with Crippen molar-refractivity contribution in [3.63, 3.8) is 0 Å². The Hall–Kier alpha value is -3.67. The van der Waals surface area contributed by atoms with Gasteiger partial charge in [0.25, 0.3) is 11.8 Å². The second kappa shape index (κ2) is 9.22.